The quantitative estimate of drug-likeness (QED) is 0.379. The fourth-order valence-corrected chi connectivity index (χ4v) is 0.760. The van der Waals surface area contributed by atoms with E-state index in [1.165, 1.54) is 0 Å². The van der Waals surface area contributed by atoms with Gasteiger partial charge in [-0.25, -0.2) is 0 Å². The predicted molar refractivity (Wildman–Crippen MR) is 40.6 cm³/mol. The summed E-state index contributed by atoms with van der Waals surface area (Å²) in [5.41, 5.74) is 0. The van der Waals surface area contributed by atoms with Gasteiger partial charge in [-0.3, -0.25) is 4.90 Å². The molecule has 0 aliphatic heterocycles. The Balaban J connectivity index is 0. The minimum atomic E-state index is -1.75. The second-order valence-corrected chi connectivity index (χ2v) is 2.39. The van der Waals surface area contributed by atoms with E-state index in [0.717, 1.165) is 0 Å². The molecule has 0 aromatic heterocycles. The van der Waals surface area contributed by atoms with Crippen molar-refractivity contribution in [2.75, 3.05) is 39.5 Å². The van der Waals surface area contributed by atoms with Gasteiger partial charge in [0.15, 0.2) is 0 Å². The van der Waals surface area contributed by atoms with Crippen LogP contribution in [0, 0.1) is 0 Å². The first kappa shape index (κ1) is 15.8. The average Bonchev–Trinajstić information content (AvgIpc) is 2.07. The molecule has 13 heavy (non-hydrogen) atoms. The molecule has 6 nitrogen and oxygen atoms in total. The van der Waals surface area contributed by atoms with Gasteiger partial charge in [-0.2, -0.15) is 0 Å². The molecule has 7 heteroatoms. The summed E-state index contributed by atoms with van der Waals surface area (Å²) in [5, 5.41) is 25.5. The van der Waals surface area contributed by atoms with Crippen LogP contribution in [0.3, 0.4) is 0 Å². The molecule has 0 aliphatic carbocycles. The van der Waals surface area contributed by atoms with Crippen LogP contribution in [-0.2, 0) is 22.8 Å². The second kappa shape index (κ2) is 14.8. The zero-order valence-electron chi connectivity index (χ0n) is 7.39. The Bertz CT molecular complexity index is 90.8. The van der Waals surface area contributed by atoms with E-state index in [0.29, 0.717) is 19.6 Å². The van der Waals surface area contributed by atoms with Crippen molar-refractivity contribution in [2.45, 2.75) is 0 Å². The zero-order valence-corrected chi connectivity index (χ0v) is 8.95. The Morgan fingerprint density at radius 2 is 1.15 bits per heavy atom. The number of aliphatic hydroxyl groups is 3. The standard InChI is InChI=1S/C6H15NO3.H2O.O.Ti/c8-4-1-7(2-5-9)3-6-10;;;/h8-10H,1-6H2;1H2;;/q;;;+1/p-1. The summed E-state index contributed by atoms with van der Waals surface area (Å²) >= 11 is -1.75. The van der Waals surface area contributed by atoms with Gasteiger partial charge in [-0.1, -0.05) is 0 Å². The van der Waals surface area contributed by atoms with E-state index in [1.54, 1.807) is 4.90 Å². The summed E-state index contributed by atoms with van der Waals surface area (Å²) in [7, 11) is 0. The molecule has 0 radical (unpaired) electrons. The van der Waals surface area contributed by atoms with Crippen molar-refractivity contribution in [1.82, 2.24) is 4.90 Å². The molecule has 0 heterocycles. The zero-order chi connectivity index (χ0) is 10.5. The monoisotopic (exact) mass is 230 g/mol. The van der Waals surface area contributed by atoms with Gasteiger partial charge in [-0.15, -0.1) is 0 Å². The third-order valence-corrected chi connectivity index (χ3v) is 1.25. The molecule has 0 rings (SSSR count). The van der Waals surface area contributed by atoms with Crippen LogP contribution in [-0.4, -0.2) is 63.4 Å². The first-order valence-corrected chi connectivity index (χ1v) is 5.16. The Morgan fingerprint density at radius 1 is 0.923 bits per heavy atom. The van der Waals surface area contributed by atoms with E-state index in [2.05, 4.69) is 0 Å². The van der Waals surface area contributed by atoms with Gasteiger partial charge in [-0.05, 0) is 0 Å². The molecule has 0 aromatic carbocycles. The Kier molecular flexibility index (Phi) is 18.0. The number of hydrogen-bond donors (Lipinski definition) is 4. The van der Waals surface area contributed by atoms with Crippen molar-refractivity contribution in [3.05, 3.63) is 0 Å². The molecule has 4 N–H and O–H groups in total. The normalized spacial score (nSPS) is 9.00. The van der Waals surface area contributed by atoms with E-state index in [1.807, 2.05) is 0 Å². The molecule has 0 unspecified atom stereocenters. The minimum absolute atomic E-state index is 0.0694. The maximum atomic E-state index is 8.61. The molecule has 0 saturated carbocycles. The van der Waals surface area contributed by atoms with Gasteiger partial charge in [0, 0.05) is 19.6 Å². The summed E-state index contributed by atoms with van der Waals surface area (Å²) < 4.78 is 15.8. The molecular weight excluding hydrogens is 214 g/mol. The van der Waals surface area contributed by atoms with Crippen LogP contribution in [0.15, 0.2) is 0 Å². The summed E-state index contributed by atoms with van der Waals surface area (Å²) in [5.74, 6) is 0. The number of nitrogens with zero attached hydrogens (tertiary/aromatic N) is 1. The maximum absolute atomic E-state index is 8.61. The molecule has 0 spiro atoms. The number of hydrogen-bond acceptors (Lipinski definition) is 5. The third kappa shape index (κ3) is 15.1. The van der Waals surface area contributed by atoms with Crippen LogP contribution in [0.1, 0.15) is 0 Å². The molecule has 0 bridgehead atoms. The van der Waals surface area contributed by atoms with E-state index in [9.17, 15) is 0 Å². The van der Waals surface area contributed by atoms with Crippen molar-refractivity contribution in [2.24, 2.45) is 0 Å². The Morgan fingerprint density at radius 3 is 1.31 bits per heavy atom. The SMILES string of the molecule is OCCN(CCO)CCO.[O]=[Ti][OH]. The van der Waals surface area contributed by atoms with Gasteiger partial charge >= 0.3 is 26.5 Å². The molecular formula is C6H16NO5Ti. The third-order valence-electron chi connectivity index (χ3n) is 1.25. The summed E-state index contributed by atoms with van der Waals surface area (Å²) in [6, 6.07) is 0. The second-order valence-electron chi connectivity index (χ2n) is 2.10. The van der Waals surface area contributed by atoms with Crippen molar-refractivity contribution >= 4 is 0 Å². The Hall–Kier alpha value is 0.314. The van der Waals surface area contributed by atoms with E-state index >= 15 is 0 Å². The van der Waals surface area contributed by atoms with Crippen LogP contribution in [0.4, 0.5) is 0 Å². The van der Waals surface area contributed by atoms with Crippen LogP contribution in [0.2, 0.25) is 0 Å². The van der Waals surface area contributed by atoms with Crippen LogP contribution >= 0.6 is 0 Å². The molecule has 0 fully saturated rings. The molecule has 0 atom stereocenters. The van der Waals surface area contributed by atoms with Crippen molar-refractivity contribution in [3.63, 3.8) is 0 Å². The number of aliphatic hydroxyl groups excluding tert-OH is 3. The van der Waals surface area contributed by atoms with Crippen LogP contribution < -0.4 is 0 Å². The molecule has 0 aliphatic rings. The first-order chi connectivity index (χ1) is 6.26. The predicted octanol–water partition coefficient (Wildman–Crippen LogP) is -2.41. The molecule has 0 aromatic rings. The van der Waals surface area contributed by atoms with Gasteiger partial charge in [0.2, 0.25) is 0 Å². The number of rotatable bonds is 6. The average molecular weight is 230 g/mol. The van der Waals surface area contributed by atoms with Crippen molar-refractivity contribution in [3.8, 4) is 0 Å². The first-order valence-electron chi connectivity index (χ1n) is 3.83. The molecule has 79 valence electrons. The van der Waals surface area contributed by atoms with Gasteiger partial charge in [0.25, 0.3) is 0 Å². The van der Waals surface area contributed by atoms with Crippen molar-refractivity contribution < 1.29 is 41.8 Å². The fraction of sp³-hybridized carbons (Fsp3) is 1.00. The van der Waals surface area contributed by atoms with Crippen LogP contribution in [0.25, 0.3) is 0 Å². The van der Waals surface area contributed by atoms with E-state index in [4.69, 9.17) is 22.3 Å². The fourth-order valence-electron chi connectivity index (χ4n) is 0.760. The molecule has 0 amide bonds. The van der Waals surface area contributed by atoms with Gasteiger partial charge in [0.1, 0.15) is 0 Å². The summed E-state index contributed by atoms with van der Waals surface area (Å²) in [6.45, 7) is 1.75. The summed E-state index contributed by atoms with van der Waals surface area (Å²) in [4.78, 5) is 1.79. The van der Waals surface area contributed by atoms with Gasteiger partial charge in [0.05, 0.1) is 19.8 Å². The van der Waals surface area contributed by atoms with Gasteiger partial charge < -0.3 is 15.3 Å². The van der Waals surface area contributed by atoms with Crippen LogP contribution in [0.5, 0.6) is 0 Å². The molecule has 0 saturated heterocycles. The van der Waals surface area contributed by atoms with E-state index < -0.39 is 19.5 Å². The Labute approximate surface area is 86.5 Å². The topological polar surface area (TPSA) is 101 Å². The van der Waals surface area contributed by atoms with E-state index in [-0.39, 0.29) is 19.8 Å². The summed E-state index contributed by atoms with van der Waals surface area (Å²) in [6.07, 6.45) is 0. The van der Waals surface area contributed by atoms with Crippen molar-refractivity contribution in [1.29, 1.82) is 0 Å².